The molecule has 0 spiro atoms. The second-order valence-corrected chi connectivity index (χ2v) is 11.2. The fourth-order valence-corrected chi connectivity index (χ4v) is 6.35. The molecule has 2 amide bonds. The van der Waals surface area contributed by atoms with Crippen LogP contribution in [0.2, 0.25) is 5.02 Å². The number of amides is 2. The van der Waals surface area contributed by atoms with Crippen LogP contribution < -0.4 is 5.32 Å². The van der Waals surface area contributed by atoms with E-state index in [1.54, 1.807) is 0 Å². The Bertz CT molecular complexity index is 1150. The molecule has 4 atom stereocenters. The summed E-state index contributed by atoms with van der Waals surface area (Å²) in [4.78, 5) is 29.4. The Morgan fingerprint density at radius 3 is 2.35 bits per heavy atom. The third-order valence-corrected chi connectivity index (χ3v) is 8.36. The van der Waals surface area contributed by atoms with Gasteiger partial charge in [-0.3, -0.25) is 9.59 Å². The average molecular weight is 532 g/mol. The van der Waals surface area contributed by atoms with E-state index in [1.165, 1.54) is 19.1 Å². The first-order valence-electron chi connectivity index (χ1n) is 13.0. The molecule has 1 saturated carbocycles. The molecule has 1 N–H and O–H groups in total. The lowest BCUT2D eigenvalue weighted by atomic mass is 9.83. The summed E-state index contributed by atoms with van der Waals surface area (Å²) in [7, 11) is 3.96. The number of nitrogens with zero attached hydrogens (tertiary/aromatic N) is 2. The standard InChI is InChI=1S/C29H36ClF2N3O2/c1-17(33-18(2)36)25-13-20(30)5-7-23(25)19-9-11-35(12-10-19)29(37)27-16-22(34(3)4)15-26(27)24-8-6-21(31)14-28(24)32/h5-8,13-14,17,19,22,26-27H,9-12,15-16H2,1-4H3,(H,33,36)/t17-,22-,26+,27+/m0/s1. The number of hydrogen-bond donors (Lipinski definition) is 1. The highest BCUT2D eigenvalue weighted by atomic mass is 35.5. The second kappa shape index (κ2) is 11.5. The lowest BCUT2D eigenvalue weighted by Crippen LogP contribution is -2.42. The lowest BCUT2D eigenvalue weighted by molar-refractivity contribution is -0.137. The van der Waals surface area contributed by atoms with E-state index in [9.17, 15) is 18.4 Å². The largest absolute Gasteiger partial charge is 0.350 e. The van der Waals surface area contributed by atoms with Gasteiger partial charge in [-0.1, -0.05) is 23.7 Å². The number of rotatable bonds is 6. The number of hydrogen-bond acceptors (Lipinski definition) is 3. The van der Waals surface area contributed by atoms with Gasteiger partial charge in [-0.05, 0) is 93.4 Å². The van der Waals surface area contributed by atoms with Crippen LogP contribution in [0.5, 0.6) is 0 Å². The Hall–Kier alpha value is -2.51. The molecule has 2 aliphatic rings. The van der Waals surface area contributed by atoms with Crippen molar-refractivity contribution in [3.8, 4) is 0 Å². The van der Waals surface area contributed by atoms with Gasteiger partial charge in [-0.25, -0.2) is 8.78 Å². The van der Waals surface area contributed by atoms with Crippen LogP contribution >= 0.6 is 11.6 Å². The number of piperidine rings is 1. The highest BCUT2D eigenvalue weighted by Crippen LogP contribution is 2.44. The van der Waals surface area contributed by atoms with Gasteiger partial charge in [0.25, 0.3) is 0 Å². The maximum absolute atomic E-state index is 14.7. The van der Waals surface area contributed by atoms with E-state index < -0.39 is 11.6 Å². The number of likely N-dealkylation sites (tertiary alicyclic amines) is 1. The summed E-state index contributed by atoms with van der Waals surface area (Å²) in [6.07, 6.45) is 2.92. The SMILES string of the molecule is CC(=O)N[C@@H](C)c1cc(Cl)ccc1C1CCN(C(=O)[C@@H]2C[C@@H](N(C)C)C[C@@H]2c2ccc(F)cc2F)CC1. The van der Waals surface area contributed by atoms with Gasteiger partial charge in [0.15, 0.2) is 0 Å². The Morgan fingerprint density at radius 2 is 1.73 bits per heavy atom. The van der Waals surface area contributed by atoms with Crippen LogP contribution in [0.4, 0.5) is 8.78 Å². The Balaban J connectivity index is 1.50. The van der Waals surface area contributed by atoms with Gasteiger partial charge in [0.1, 0.15) is 11.6 Å². The number of benzene rings is 2. The van der Waals surface area contributed by atoms with Crippen LogP contribution in [0, 0.1) is 17.6 Å². The van der Waals surface area contributed by atoms with Crippen molar-refractivity contribution in [1.29, 1.82) is 0 Å². The Kier molecular flexibility index (Phi) is 8.54. The molecule has 0 aromatic heterocycles. The third-order valence-electron chi connectivity index (χ3n) is 8.13. The van der Waals surface area contributed by atoms with Gasteiger partial charge in [-0.2, -0.15) is 0 Å². The minimum atomic E-state index is -0.609. The quantitative estimate of drug-likeness (QED) is 0.524. The van der Waals surface area contributed by atoms with Gasteiger partial charge in [0.05, 0.1) is 6.04 Å². The van der Waals surface area contributed by atoms with E-state index in [0.29, 0.717) is 36.5 Å². The maximum atomic E-state index is 14.7. The molecule has 8 heteroatoms. The van der Waals surface area contributed by atoms with Crippen molar-refractivity contribution >= 4 is 23.4 Å². The van der Waals surface area contributed by atoms with Crippen molar-refractivity contribution in [2.24, 2.45) is 5.92 Å². The highest BCUT2D eigenvalue weighted by molar-refractivity contribution is 6.30. The summed E-state index contributed by atoms with van der Waals surface area (Å²) >= 11 is 6.28. The molecule has 200 valence electrons. The van der Waals surface area contributed by atoms with Crippen molar-refractivity contribution in [3.63, 3.8) is 0 Å². The molecule has 2 aromatic carbocycles. The first-order chi connectivity index (χ1) is 17.5. The van der Waals surface area contributed by atoms with Crippen LogP contribution in [0.25, 0.3) is 0 Å². The van der Waals surface area contributed by atoms with Gasteiger partial charge in [-0.15, -0.1) is 0 Å². The van der Waals surface area contributed by atoms with Gasteiger partial charge in [0, 0.05) is 43.1 Å². The third kappa shape index (κ3) is 6.15. The smallest absolute Gasteiger partial charge is 0.226 e. The molecule has 0 bridgehead atoms. The predicted molar refractivity (Wildman–Crippen MR) is 142 cm³/mol. The summed E-state index contributed by atoms with van der Waals surface area (Å²) in [5, 5.41) is 3.58. The summed E-state index contributed by atoms with van der Waals surface area (Å²) in [5.74, 6) is -1.60. The molecule has 0 unspecified atom stereocenters. The molecule has 0 radical (unpaired) electrons. The van der Waals surface area contributed by atoms with Crippen LogP contribution in [0.1, 0.15) is 74.1 Å². The number of carbonyl (C=O) groups is 2. The molecular formula is C29H36ClF2N3O2. The average Bonchev–Trinajstić information content (AvgIpc) is 3.29. The molecule has 1 saturated heterocycles. The van der Waals surface area contributed by atoms with Gasteiger partial charge < -0.3 is 15.1 Å². The zero-order chi connectivity index (χ0) is 26.9. The molecule has 1 heterocycles. The predicted octanol–water partition coefficient (Wildman–Crippen LogP) is 5.65. The van der Waals surface area contributed by atoms with E-state index in [0.717, 1.165) is 30.0 Å². The summed E-state index contributed by atoms with van der Waals surface area (Å²) in [5.41, 5.74) is 2.58. The lowest BCUT2D eigenvalue weighted by Gasteiger charge is -2.36. The first-order valence-corrected chi connectivity index (χ1v) is 13.4. The van der Waals surface area contributed by atoms with E-state index in [4.69, 9.17) is 11.6 Å². The van der Waals surface area contributed by atoms with Crippen LogP contribution in [0.15, 0.2) is 36.4 Å². The van der Waals surface area contributed by atoms with Crippen molar-refractivity contribution in [2.75, 3.05) is 27.2 Å². The minimum Gasteiger partial charge on any atom is -0.350 e. The molecule has 37 heavy (non-hydrogen) atoms. The molecular weight excluding hydrogens is 496 g/mol. The molecule has 1 aliphatic heterocycles. The van der Waals surface area contributed by atoms with Crippen molar-refractivity contribution < 1.29 is 18.4 Å². The summed E-state index contributed by atoms with van der Waals surface area (Å²) in [6, 6.07) is 9.50. The van der Waals surface area contributed by atoms with Crippen LogP contribution in [0.3, 0.4) is 0 Å². The number of halogens is 3. The number of carbonyl (C=O) groups excluding carboxylic acids is 2. The Morgan fingerprint density at radius 1 is 1.05 bits per heavy atom. The maximum Gasteiger partial charge on any atom is 0.226 e. The van der Waals surface area contributed by atoms with Gasteiger partial charge >= 0.3 is 0 Å². The summed E-state index contributed by atoms with van der Waals surface area (Å²) in [6.45, 7) is 4.68. The topological polar surface area (TPSA) is 52.7 Å². The van der Waals surface area contributed by atoms with Gasteiger partial charge in [0.2, 0.25) is 11.8 Å². The molecule has 5 nitrogen and oxygen atoms in total. The van der Waals surface area contributed by atoms with Crippen LogP contribution in [-0.4, -0.2) is 54.8 Å². The fourth-order valence-electron chi connectivity index (χ4n) is 6.17. The zero-order valence-electron chi connectivity index (χ0n) is 21.9. The molecule has 1 aliphatic carbocycles. The zero-order valence-corrected chi connectivity index (χ0v) is 22.7. The highest BCUT2D eigenvalue weighted by Gasteiger charge is 2.43. The Labute approximate surface area is 223 Å². The number of nitrogens with one attached hydrogen (secondary N) is 1. The fraction of sp³-hybridized carbons (Fsp3) is 0.517. The molecule has 2 fully saturated rings. The van der Waals surface area contributed by atoms with Crippen molar-refractivity contribution in [3.05, 3.63) is 69.7 Å². The summed E-state index contributed by atoms with van der Waals surface area (Å²) < 4.78 is 28.3. The molecule has 2 aromatic rings. The van der Waals surface area contributed by atoms with E-state index in [2.05, 4.69) is 10.2 Å². The van der Waals surface area contributed by atoms with Crippen molar-refractivity contribution in [2.45, 2.75) is 63.5 Å². The normalized spacial score (nSPS) is 23.4. The van der Waals surface area contributed by atoms with E-state index in [-0.39, 0.29) is 41.7 Å². The van der Waals surface area contributed by atoms with E-state index >= 15 is 0 Å². The second-order valence-electron chi connectivity index (χ2n) is 10.8. The van der Waals surface area contributed by atoms with Crippen molar-refractivity contribution in [1.82, 2.24) is 15.1 Å². The van der Waals surface area contributed by atoms with Crippen LogP contribution in [-0.2, 0) is 9.59 Å². The minimum absolute atomic E-state index is 0.0551. The first kappa shape index (κ1) is 27.5. The monoisotopic (exact) mass is 531 g/mol. The van der Waals surface area contributed by atoms with E-state index in [1.807, 2.05) is 44.1 Å². The molecule has 4 rings (SSSR count).